The molecule has 1 aliphatic heterocycles. The number of ether oxygens (including phenoxy) is 2. The molecule has 1 aromatic carbocycles. The van der Waals surface area contributed by atoms with Gasteiger partial charge in [0.2, 0.25) is 11.8 Å². The van der Waals surface area contributed by atoms with Crippen LogP contribution in [-0.4, -0.2) is 52.3 Å². The molecule has 0 radical (unpaired) electrons. The van der Waals surface area contributed by atoms with E-state index in [1.807, 2.05) is 37.3 Å². The molecule has 0 spiro atoms. The minimum Gasteiger partial charge on any atom is -0.494 e. The molecule has 3 heterocycles. The van der Waals surface area contributed by atoms with Crippen LogP contribution in [0.15, 0.2) is 56.8 Å². The second-order valence-corrected chi connectivity index (χ2v) is 8.34. The summed E-state index contributed by atoms with van der Waals surface area (Å²) in [5.74, 6) is 3.17. The summed E-state index contributed by atoms with van der Waals surface area (Å²) in [5.41, 5.74) is 5.71. The fourth-order valence-electron chi connectivity index (χ4n) is 3.25. The van der Waals surface area contributed by atoms with Crippen molar-refractivity contribution in [2.75, 3.05) is 24.7 Å². The SMILES string of the molecule is COc1cccc(OC)c1-n1c(NSCC2(C)N=CC(F)=CN=C2N)nnc1-c1ccc(C)o1. The van der Waals surface area contributed by atoms with E-state index in [-0.39, 0.29) is 5.84 Å². The maximum absolute atomic E-state index is 13.6. The molecule has 3 aromatic rings. The van der Waals surface area contributed by atoms with Gasteiger partial charge in [-0.1, -0.05) is 6.07 Å². The van der Waals surface area contributed by atoms with Crippen molar-refractivity contribution in [1.29, 1.82) is 0 Å². The number of furan rings is 1. The molecular formula is C22H24FN7O3S. The second-order valence-electron chi connectivity index (χ2n) is 7.56. The topological polar surface area (TPSA) is 125 Å². The third kappa shape index (κ3) is 4.49. The van der Waals surface area contributed by atoms with Crippen molar-refractivity contribution in [3.05, 3.63) is 48.1 Å². The number of para-hydroxylation sites is 1. The van der Waals surface area contributed by atoms with Crippen molar-refractivity contribution in [2.45, 2.75) is 19.4 Å². The lowest BCUT2D eigenvalue weighted by Gasteiger charge is -2.23. The van der Waals surface area contributed by atoms with Crippen LogP contribution in [0.5, 0.6) is 11.5 Å². The number of benzene rings is 1. The molecule has 1 unspecified atom stereocenters. The van der Waals surface area contributed by atoms with Crippen LogP contribution in [0.1, 0.15) is 12.7 Å². The van der Waals surface area contributed by atoms with Crippen molar-refractivity contribution in [1.82, 2.24) is 14.8 Å². The second kappa shape index (κ2) is 9.59. The normalized spacial score (nSPS) is 17.7. The van der Waals surface area contributed by atoms with Crippen molar-refractivity contribution in [2.24, 2.45) is 15.7 Å². The predicted octanol–water partition coefficient (Wildman–Crippen LogP) is 3.92. The van der Waals surface area contributed by atoms with Crippen LogP contribution in [0.25, 0.3) is 17.3 Å². The average Bonchev–Trinajstić information content (AvgIpc) is 3.43. The van der Waals surface area contributed by atoms with E-state index in [0.717, 1.165) is 18.2 Å². The number of rotatable bonds is 8. The van der Waals surface area contributed by atoms with E-state index >= 15 is 0 Å². The van der Waals surface area contributed by atoms with E-state index in [1.165, 1.54) is 11.9 Å². The fraction of sp³-hybridized carbons (Fsp3) is 0.273. The molecule has 0 saturated carbocycles. The van der Waals surface area contributed by atoms with E-state index in [2.05, 4.69) is 24.9 Å². The lowest BCUT2D eigenvalue weighted by Crippen LogP contribution is -2.42. The highest BCUT2D eigenvalue weighted by atomic mass is 32.2. The van der Waals surface area contributed by atoms with E-state index in [9.17, 15) is 4.39 Å². The molecule has 3 N–H and O–H groups in total. The zero-order chi connectivity index (χ0) is 24.3. The van der Waals surface area contributed by atoms with Gasteiger partial charge in [-0.25, -0.2) is 9.38 Å². The zero-order valence-corrected chi connectivity index (χ0v) is 19.9. The average molecular weight is 486 g/mol. The van der Waals surface area contributed by atoms with Crippen molar-refractivity contribution < 1.29 is 18.3 Å². The quantitative estimate of drug-likeness (QED) is 0.460. The minimum absolute atomic E-state index is 0.199. The third-order valence-corrected chi connectivity index (χ3v) is 6.15. The lowest BCUT2D eigenvalue weighted by atomic mass is 10.1. The van der Waals surface area contributed by atoms with E-state index in [1.54, 1.807) is 25.7 Å². The number of aryl methyl sites for hydroxylation is 1. The monoisotopic (exact) mass is 485 g/mol. The number of aliphatic imine (C=N–C) groups is 2. The smallest absolute Gasteiger partial charge is 0.239 e. The number of halogens is 1. The Morgan fingerprint density at radius 1 is 1.18 bits per heavy atom. The Morgan fingerprint density at radius 3 is 2.56 bits per heavy atom. The fourth-order valence-corrected chi connectivity index (χ4v) is 4.09. The van der Waals surface area contributed by atoms with Gasteiger partial charge in [0.25, 0.3) is 0 Å². The molecule has 12 heteroatoms. The third-order valence-electron chi connectivity index (χ3n) is 5.12. The number of methoxy groups -OCH3 is 2. The Morgan fingerprint density at radius 2 is 1.91 bits per heavy atom. The molecule has 0 fully saturated rings. The summed E-state index contributed by atoms with van der Waals surface area (Å²) < 4.78 is 35.5. The van der Waals surface area contributed by atoms with Crippen molar-refractivity contribution >= 4 is 29.9 Å². The number of allylic oxidation sites excluding steroid dienone is 1. The Balaban J connectivity index is 1.71. The van der Waals surface area contributed by atoms with Gasteiger partial charge in [0, 0.05) is 5.75 Å². The standard InChI is InChI=1S/C22H24FN7O3S/c1-13-8-9-17(33-13)19-27-28-21(30(19)18-15(31-3)6-5-7-16(18)32-4)29-34-12-22(2)20(24)25-10-14(23)11-26-22/h5-11H,12H2,1-4H3,(H2,24,25)(H,28,29). The summed E-state index contributed by atoms with van der Waals surface area (Å²) >= 11 is 1.27. The van der Waals surface area contributed by atoms with Crippen LogP contribution >= 0.6 is 11.9 Å². The van der Waals surface area contributed by atoms with Gasteiger partial charge in [-0.15, -0.1) is 10.2 Å². The van der Waals surface area contributed by atoms with Crippen molar-refractivity contribution in [3.8, 4) is 28.8 Å². The minimum atomic E-state index is -0.921. The van der Waals surface area contributed by atoms with Crippen LogP contribution in [0, 0.1) is 6.92 Å². The first-order chi connectivity index (χ1) is 16.4. The van der Waals surface area contributed by atoms with Crippen molar-refractivity contribution in [3.63, 3.8) is 0 Å². The Labute approximate surface area is 199 Å². The molecule has 0 aliphatic carbocycles. The van der Waals surface area contributed by atoms with Crippen LogP contribution in [0.4, 0.5) is 10.3 Å². The lowest BCUT2D eigenvalue weighted by molar-refractivity contribution is 0.391. The summed E-state index contributed by atoms with van der Waals surface area (Å²) in [6.45, 7) is 3.62. The van der Waals surface area contributed by atoms with Gasteiger partial charge < -0.3 is 19.6 Å². The number of hydrogen-bond donors (Lipinski definition) is 2. The van der Waals surface area contributed by atoms with E-state index in [4.69, 9.17) is 19.6 Å². The van der Waals surface area contributed by atoms with E-state index in [0.29, 0.717) is 40.5 Å². The number of amidine groups is 1. The maximum atomic E-state index is 13.6. The Hall–Kier alpha value is -3.80. The molecule has 1 atom stereocenters. The summed E-state index contributed by atoms with van der Waals surface area (Å²) in [6, 6.07) is 9.10. The molecule has 1 aliphatic rings. The van der Waals surface area contributed by atoms with Gasteiger partial charge >= 0.3 is 0 Å². The number of nitrogens with one attached hydrogen (secondary N) is 1. The van der Waals surface area contributed by atoms with Gasteiger partial charge in [0.1, 0.15) is 34.3 Å². The van der Waals surface area contributed by atoms with E-state index < -0.39 is 11.4 Å². The first kappa shape index (κ1) is 23.4. The van der Waals surface area contributed by atoms with Crippen LogP contribution in [0.2, 0.25) is 0 Å². The predicted molar refractivity (Wildman–Crippen MR) is 131 cm³/mol. The molecule has 0 bridgehead atoms. The largest absolute Gasteiger partial charge is 0.494 e. The summed E-state index contributed by atoms with van der Waals surface area (Å²) in [4.78, 5) is 8.21. The highest BCUT2D eigenvalue weighted by Gasteiger charge is 2.30. The highest BCUT2D eigenvalue weighted by Crippen LogP contribution is 2.38. The van der Waals surface area contributed by atoms with Gasteiger partial charge in [-0.2, -0.15) is 0 Å². The highest BCUT2D eigenvalue weighted by molar-refractivity contribution is 8.00. The molecule has 10 nitrogen and oxygen atoms in total. The Bertz CT molecular complexity index is 1260. The summed E-state index contributed by atoms with van der Waals surface area (Å²) in [6.07, 6.45) is 2.16. The van der Waals surface area contributed by atoms with Crippen LogP contribution < -0.4 is 19.9 Å². The summed E-state index contributed by atoms with van der Waals surface area (Å²) in [7, 11) is 3.14. The van der Waals surface area contributed by atoms with Gasteiger partial charge in [0.15, 0.2) is 11.6 Å². The molecule has 2 aromatic heterocycles. The van der Waals surface area contributed by atoms with Gasteiger partial charge in [0.05, 0.1) is 26.6 Å². The zero-order valence-electron chi connectivity index (χ0n) is 19.1. The van der Waals surface area contributed by atoms with Crippen LogP contribution in [-0.2, 0) is 0 Å². The maximum Gasteiger partial charge on any atom is 0.239 e. The number of nitrogens with two attached hydrogens (primary N) is 1. The van der Waals surface area contributed by atoms with Gasteiger partial charge in [-0.3, -0.25) is 14.3 Å². The number of nitrogens with zero attached hydrogens (tertiary/aromatic N) is 5. The first-order valence-electron chi connectivity index (χ1n) is 10.2. The van der Waals surface area contributed by atoms with Crippen LogP contribution in [0.3, 0.4) is 0 Å². The molecule has 4 rings (SSSR count). The molecule has 178 valence electrons. The molecule has 34 heavy (non-hydrogen) atoms. The summed E-state index contributed by atoms with van der Waals surface area (Å²) in [5, 5.41) is 8.67. The van der Waals surface area contributed by atoms with Gasteiger partial charge in [-0.05, 0) is 50.1 Å². The molecule has 0 amide bonds. The number of hydrogen-bond acceptors (Lipinski definition) is 10. The Kier molecular flexibility index (Phi) is 6.59. The number of aromatic nitrogens is 3. The molecular weight excluding hydrogens is 461 g/mol. The molecule has 0 saturated heterocycles. The first-order valence-corrected chi connectivity index (χ1v) is 11.2. The number of anilines is 1.